The predicted octanol–water partition coefficient (Wildman–Crippen LogP) is -0.309. The van der Waals surface area contributed by atoms with Crippen molar-refractivity contribution in [1.82, 2.24) is 19.1 Å². The molecule has 0 bridgehead atoms. The molecule has 0 radical (unpaired) electrons. The largest absolute Gasteiger partial charge is 0.341 e. The van der Waals surface area contributed by atoms with Gasteiger partial charge in [0.15, 0.2) is 11.2 Å². The SMILES string of the molecule is CC#CCn1c(N2CCC(N)C2)nc2ncn(C)c(=O)c21. The maximum absolute atomic E-state index is 12.4. The molecule has 0 aliphatic carbocycles. The van der Waals surface area contributed by atoms with Crippen molar-refractivity contribution in [2.75, 3.05) is 18.0 Å². The zero-order valence-corrected chi connectivity index (χ0v) is 12.2. The molecule has 2 aromatic rings. The van der Waals surface area contributed by atoms with E-state index >= 15 is 0 Å². The maximum Gasteiger partial charge on any atom is 0.279 e. The summed E-state index contributed by atoms with van der Waals surface area (Å²) in [6.07, 6.45) is 2.42. The number of nitrogens with zero attached hydrogens (tertiary/aromatic N) is 5. The summed E-state index contributed by atoms with van der Waals surface area (Å²) in [5.41, 5.74) is 6.82. The highest BCUT2D eigenvalue weighted by Crippen LogP contribution is 2.22. The summed E-state index contributed by atoms with van der Waals surface area (Å²) in [4.78, 5) is 23.2. The van der Waals surface area contributed by atoms with Gasteiger partial charge in [-0.1, -0.05) is 5.92 Å². The van der Waals surface area contributed by atoms with E-state index in [1.165, 1.54) is 10.9 Å². The quantitative estimate of drug-likeness (QED) is 0.766. The van der Waals surface area contributed by atoms with Gasteiger partial charge in [0.25, 0.3) is 5.56 Å². The van der Waals surface area contributed by atoms with E-state index in [4.69, 9.17) is 5.73 Å². The Bertz CT molecular complexity index is 793. The van der Waals surface area contributed by atoms with Crippen molar-refractivity contribution < 1.29 is 0 Å². The number of nitrogens with two attached hydrogens (primary N) is 1. The Morgan fingerprint density at radius 1 is 1.52 bits per heavy atom. The van der Waals surface area contributed by atoms with E-state index in [1.54, 1.807) is 14.0 Å². The number of hydrogen-bond acceptors (Lipinski definition) is 5. The molecule has 3 heterocycles. The first-order chi connectivity index (χ1) is 10.1. The van der Waals surface area contributed by atoms with E-state index in [2.05, 4.69) is 26.7 Å². The molecule has 3 rings (SSSR count). The van der Waals surface area contributed by atoms with Crippen molar-refractivity contribution in [2.45, 2.75) is 25.9 Å². The Hall–Kier alpha value is -2.33. The third kappa shape index (κ3) is 2.28. The number of imidazole rings is 1. The van der Waals surface area contributed by atoms with E-state index in [0.29, 0.717) is 17.7 Å². The lowest BCUT2D eigenvalue weighted by molar-refractivity contribution is 0.743. The van der Waals surface area contributed by atoms with Gasteiger partial charge in [-0.05, 0) is 13.3 Å². The molecule has 110 valence electrons. The minimum atomic E-state index is -0.111. The second-order valence-electron chi connectivity index (χ2n) is 5.25. The number of aromatic nitrogens is 4. The van der Waals surface area contributed by atoms with Crippen LogP contribution in [0.1, 0.15) is 13.3 Å². The molecule has 2 aromatic heterocycles. The second kappa shape index (κ2) is 5.22. The molecule has 0 saturated carbocycles. The Balaban J connectivity index is 2.20. The van der Waals surface area contributed by atoms with Gasteiger partial charge in [0.05, 0.1) is 12.9 Å². The molecule has 2 N–H and O–H groups in total. The third-order valence-corrected chi connectivity index (χ3v) is 3.73. The van der Waals surface area contributed by atoms with Crippen molar-refractivity contribution in [1.29, 1.82) is 0 Å². The third-order valence-electron chi connectivity index (χ3n) is 3.73. The van der Waals surface area contributed by atoms with Crippen LogP contribution in [0.3, 0.4) is 0 Å². The first-order valence-corrected chi connectivity index (χ1v) is 6.94. The van der Waals surface area contributed by atoms with Crippen molar-refractivity contribution in [2.24, 2.45) is 12.8 Å². The maximum atomic E-state index is 12.4. The van der Waals surface area contributed by atoms with Gasteiger partial charge in [0.2, 0.25) is 5.95 Å². The molecule has 1 unspecified atom stereocenters. The number of aryl methyl sites for hydroxylation is 1. The van der Waals surface area contributed by atoms with Crippen LogP contribution in [0.5, 0.6) is 0 Å². The van der Waals surface area contributed by atoms with Gasteiger partial charge >= 0.3 is 0 Å². The smallest absolute Gasteiger partial charge is 0.279 e. The highest BCUT2D eigenvalue weighted by molar-refractivity contribution is 5.74. The predicted molar refractivity (Wildman–Crippen MR) is 81.0 cm³/mol. The highest BCUT2D eigenvalue weighted by Gasteiger charge is 2.25. The zero-order chi connectivity index (χ0) is 15.0. The summed E-state index contributed by atoms with van der Waals surface area (Å²) >= 11 is 0. The van der Waals surface area contributed by atoms with Gasteiger partial charge in [0, 0.05) is 26.2 Å². The monoisotopic (exact) mass is 286 g/mol. The summed E-state index contributed by atoms with van der Waals surface area (Å²) in [7, 11) is 1.68. The summed E-state index contributed by atoms with van der Waals surface area (Å²) < 4.78 is 3.30. The molecule has 0 aromatic carbocycles. The minimum absolute atomic E-state index is 0.111. The first kappa shape index (κ1) is 13.6. The highest BCUT2D eigenvalue weighted by atomic mass is 16.1. The van der Waals surface area contributed by atoms with Crippen LogP contribution in [0, 0.1) is 11.8 Å². The van der Waals surface area contributed by atoms with Crippen LogP contribution < -0.4 is 16.2 Å². The van der Waals surface area contributed by atoms with E-state index < -0.39 is 0 Å². The van der Waals surface area contributed by atoms with Crippen LogP contribution >= 0.6 is 0 Å². The van der Waals surface area contributed by atoms with Crippen LogP contribution in [0.25, 0.3) is 11.2 Å². The van der Waals surface area contributed by atoms with Crippen molar-refractivity contribution >= 4 is 17.1 Å². The molecule has 7 heteroatoms. The number of hydrogen-bond donors (Lipinski definition) is 1. The number of anilines is 1. The molecule has 0 amide bonds. The van der Waals surface area contributed by atoms with Crippen LogP contribution in [0.4, 0.5) is 5.95 Å². The Kier molecular flexibility index (Phi) is 3.39. The Morgan fingerprint density at radius 3 is 3.00 bits per heavy atom. The average Bonchev–Trinajstić information content (AvgIpc) is 3.04. The fourth-order valence-corrected chi connectivity index (χ4v) is 2.61. The molecule has 0 spiro atoms. The fourth-order valence-electron chi connectivity index (χ4n) is 2.61. The first-order valence-electron chi connectivity index (χ1n) is 6.94. The molecule has 1 atom stereocenters. The van der Waals surface area contributed by atoms with Crippen LogP contribution in [0.15, 0.2) is 11.1 Å². The van der Waals surface area contributed by atoms with Crippen LogP contribution in [-0.4, -0.2) is 38.2 Å². The van der Waals surface area contributed by atoms with Gasteiger partial charge in [-0.3, -0.25) is 9.36 Å². The Morgan fingerprint density at radius 2 is 2.33 bits per heavy atom. The van der Waals surface area contributed by atoms with Gasteiger partial charge in [0.1, 0.15) is 0 Å². The van der Waals surface area contributed by atoms with Crippen LogP contribution in [-0.2, 0) is 13.6 Å². The van der Waals surface area contributed by atoms with E-state index in [0.717, 1.165) is 25.5 Å². The molecule has 7 nitrogen and oxygen atoms in total. The zero-order valence-electron chi connectivity index (χ0n) is 12.2. The van der Waals surface area contributed by atoms with Gasteiger partial charge < -0.3 is 15.2 Å². The minimum Gasteiger partial charge on any atom is -0.341 e. The Labute approximate surface area is 122 Å². The lowest BCUT2D eigenvalue weighted by Crippen LogP contribution is -2.28. The molecule has 1 aliphatic rings. The van der Waals surface area contributed by atoms with E-state index in [9.17, 15) is 4.79 Å². The standard InChI is InChI=1S/C14H18N6O/c1-3-4-6-20-11-12(16-9-18(2)13(11)21)17-14(20)19-7-5-10(15)8-19/h9-10H,5-8,15H2,1-2H3. The summed E-state index contributed by atoms with van der Waals surface area (Å²) in [5, 5.41) is 0. The number of rotatable bonds is 2. The van der Waals surface area contributed by atoms with Crippen molar-refractivity contribution in [3.8, 4) is 11.8 Å². The summed E-state index contributed by atoms with van der Waals surface area (Å²) in [5.74, 6) is 6.60. The lowest BCUT2D eigenvalue weighted by atomic mass is 10.3. The fraction of sp³-hybridized carbons (Fsp3) is 0.500. The topological polar surface area (TPSA) is 82.0 Å². The van der Waals surface area contributed by atoms with Gasteiger partial charge in [-0.2, -0.15) is 4.98 Å². The molecule has 1 aliphatic heterocycles. The average molecular weight is 286 g/mol. The second-order valence-corrected chi connectivity index (χ2v) is 5.25. The molecule has 21 heavy (non-hydrogen) atoms. The van der Waals surface area contributed by atoms with E-state index in [1.807, 2.05) is 4.57 Å². The van der Waals surface area contributed by atoms with Crippen LogP contribution in [0.2, 0.25) is 0 Å². The summed E-state index contributed by atoms with van der Waals surface area (Å²) in [6.45, 7) is 3.78. The molecule has 1 saturated heterocycles. The summed E-state index contributed by atoms with van der Waals surface area (Å²) in [6, 6.07) is 0.145. The van der Waals surface area contributed by atoms with Gasteiger partial charge in [-0.25, -0.2) is 4.98 Å². The lowest BCUT2D eigenvalue weighted by Gasteiger charge is -2.17. The van der Waals surface area contributed by atoms with Crippen molar-refractivity contribution in [3.05, 3.63) is 16.7 Å². The molecular weight excluding hydrogens is 268 g/mol. The molecular formula is C14H18N6O. The van der Waals surface area contributed by atoms with Crippen molar-refractivity contribution in [3.63, 3.8) is 0 Å². The van der Waals surface area contributed by atoms with E-state index in [-0.39, 0.29) is 11.6 Å². The molecule has 1 fully saturated rings. The number of fused-ring (bicyclic) bond motifs is 1. The normalized spacial score (nSPS) is 18.0. The van der Waals surface area contributed by atoms with Gasteiger partial charge in [-0.15, -0.1) is 5.92 Å².